The molecule has 1 unspecified atom stereocenters. The van der Waals surface area contributed by atoms with Crippen LogP contribution >= 0.6 is 0 Å². The standard InChI is InChI=1S/C12H17F2NO/c1-9(16)6-7-15-8-10-2-4-11(5-3-10)12(13)14/h2-5,9,12,15-16H,6-8H2,1H3. The fourth-order valence-electron chi connectivity index (χ4n) is 1.32. The largest absolute Gasteiger partial charge is 0.393 e. The van der Waals surface area contributed by atoms with Crippen LogP contribution in [0, 0.1) is 0 Å². The van der Waals surface area contributed by atoms with Crippen LogP contribution in [0.4, 0.5) is 8.78 Å². The van der Waals surface area contributed by atoms with E-state index in [4.69, 9.17) is 5.11 Å². The van der Waals surface area contributed by atoms with Gasteiger partial charge in [-0.25, -0.2) is 8.78 Å². The third-order valence-electron chi connectivity index (χ3n) is 2.30. The summed E-state index contributed by atoms with van der Waals surface area (Å²) in [5.41, 5.74) is 1.02. The molecule has 0 saturated carbocycles. The molecule has 0 aliphatic carbocycles. The average Bonchev–Trinajstić information content (AvgIpc) is 2.25. The van der Waals surface area contributed by atoms with Gasteiger partial charge in [0.25, 0.3) is 6.43 Å². The molecular weight excluding hydrogens is 212 g/mol. The van der Waals surface area contributed by atoms with Gasteiger partial charge in [0.05, 0.1) is 6.10 Å². The Hall–Kier alpha value is -1.00. The summed E-state index contributed by atoms with van der Waals surface area (Å²) in [5.74, 6) is 0. The third-order valence-corrected chi connectivity index (χ3v) is 2.30. The van der Waals surface area contributed by atoms with Crippen molar-refractivity contribution in [3.8, 4) is 0 Å². The highest BCUT2D eigenvalue weighted by atomic mass is 19.3. The number of nitrogens with one attached hydrogen (secondary N) is 1. The number of aliphatic hydroxyl groups is 1. The molecule has 0 aliphatic rings. The van der Waals surface area contributed by atoms with E-state index in [0.29, 0.717) is 19.5 Å². The number of benzene rings is 1. The molecule has 4 heteroatoms. The molecule has 0 amide bonds. The van der Waals surface area contributed by atoms with E-state index in [1.165, 1.54) is 12.1 Å². The summed E-state index contributed by atoms with van der Waals surface area (Å²) in [6.07, 6.45) is -2.03. The van der Waals surface area contributed by atoms with Crippen molar-refractivity contribution in [2.45, 2.75) is 32.4 Å². The molecule has 0 fully saturated rings. The topological polar surface area (TPSA) is 32.3 Å². The van der Waals surface area contributed by atoms with Gasteiger partial charge in [0.2, 0.25) is 0 Å². The highest BCUT2D eigenvalue weighted by Crippen LogP contribution is 2.18. The number of aliphatic hydroxyl groups excluding tert-OH is 1. The van der Waals surface area contributed by atoms with Gasteiger partial charge in [-0.1, -0.05) is 24.3 Å². The van der Waals surface area contributed by atoms with E-state index in [1.807, 2.05) is 0 Å². The molecule has 16 heavy (non-hydrogen) atoms. The minimum Gasteiger partial charge on any atom is -0.393 e. The molecule has 0 bridgehead atoms. The van der Waals surface area contributed by atoms with E-state index < -0.39 is 6.43 Å². The predicted octanol–water partition coefficient (Wildman–Crippen LogP) is 2.48. The van der Waals surface area contributed by atoms with Crippen molar-refractivity contribution in [2.75, 3.05) is 6.54 Å². The van der Waals surface area contributed by atoms with Gasteiger partial charge in [0, 0.05) is 12.1 Å². The van der Waals surface area contributed by atoms with Gasteiger partial charge in [0.15, 0.2) is 0 Å². The van der Waals surface area contributed by atoms with Gasteiger partial charge >= 0.3 is 0 Å². The first-order chi connectivity index (χ1) is 7.59. The summed E-state index contributed by atoms with van der Waals surface area (Å²) in [5, 5.41) is 12.2. The highest BCUT2D eigenvalue weighted by Gasteiger charge is 2.05. The van der Waals surface area contributed by atoms with Crippen LogP contribution in [0.2, 0.25) is 0 Å². The zero-order chi connectivity index (χ0) is 12.0. The fraction of sp³-hybridized carbons (Fsp3) is 0.500. The molecule has 0 aromatic heterocycles. The lowest BCUT2D eigenvalue weighted by Gasteiger charge is -2.07. The maximum atomic E-state index is 12.3. The van der Waals surface area contributed by atoms with E-state index in [9.17, 15) is 8.78 Å². The molecule has 0 saturated heterocycles. The van der Waals surface area contributed by atoms with Crippen LogP contribution in [0.25, 0.3) is 0 Å². The van der Waals surface area contributed by atoms with E-state index in [0.717, 1.165) is 5.56 Å². The van der Waals surface area contributed by atoms with Crippen LogP contribution in [-0.4, -0.2) is 17.8 Å². The summed E-state index contributed by atoms with van der Waals surface area (Å²) in [6, 6.07) is 6.26. The molecule has 0 aliphatic heterocycles. The normalized spacial score (nSPS) is 13.1. The third kappa shape index (κ3) is 4.68. The van der Waals surface area contributed by atoms with Gasteiger partial charge in [-0.2, -0.15) is 0 Å². The maximum absolute atomic E-state index is 12.3. The minimum atomic E-state index is -2.41. The van der Waals surface area contributed by atoms with Crippen LogP contribution < -0.4 is 5.32 Å². The van der Waals surface area contributed by atoms with Crippen molar-refractivity contribution in [1.29, 1.82) is 0 Å². The van der Waals surface area contributed by atoms with Crippen molar-refractivity contribution < 1.29 is 13.9 Å². The quantitative estimate of drug-likeness (QED) is 0.734. The monoisotopic (exact) mass is 229 g/mol. The number of hydrogen-bond acceptors (Lipinski definition) is 2. The molecule has 0 radical (unpaired) electrons. The summed E-state index contributed by atoms with van der Waals surface area (Å²) in [4.78, 5) is 0. The Bertz CT molecular complexity index is 298. The maximum Gasteiger partial charge on any atom is 0.263 e. The Morgan fingerprint density at radius 3 is 2.38 bits per heavy atom. The molecule has 2 N–H and O–H groups in total. The van der Waals surface area contributed by atoms with Crippen molar-refractivity contribution in [1.82, 2.24) is 5.32 Å². The van der Waals surface area contributed by atoms with Crippen molar-refractivity contribution in [3.63, 3.8) is 0 Å². The Labute approximate surface area is 94.3 Å². The van der Waals surface area contributed by atoms with Crippen molar-refractivity contribution in [2.24, 2.45) is 0 Å². The average molecular weight is 229 g/mol. The molecular formula is C12H17F2NO. The molecule has 0 spiro atoms. The van der Waals surface area contributed by atoms with Crippen LogP contribution in [0.15, 0.2) is 24.3 Å². The number of rotatable bonds is 6. The number of alkyl halides is 2. The van der Waals surface area contributed by atoms with Crippen LogP contribution in [-0.2, 0) is 6.54 Å². The molecule has 2 nitrogen and oxygen atoms in total. The molecule has 90 valence electrons. The summed E-state index contributed by atoms with van der Waals surface area (Å²) >= 11 is 0. The first kappa shape index (κ1) is 13.1. The molecule has 1 aromatic carbocycles. The second-order valence-electron chi connectivity index (χ2n) is 3.86. The molecule has 0 heterocycles. The first-order valence-corrected chi connectivity index (χ1v) is 5.35. The molecule has 1 atom stereocenters. The Balaban J connectivity index is 2.32. The lowest BCUT2D eigenvalue weighted by Crippen LogP contribution is -2.18. The lowest BCUT2D eigenvalue weighted by atomic mass is 10.1. The predicted molar refractivity (Wildman–Crippen MR) is 59.4 cm³/mol. The summed E-state index contributed by atoms with van der Waals surface area (Å²) in [7, 11) is 0. The van der Waals surface area contributed by atoms with Crippen molar-refractivity contribution in [3.05, 3.63) is 35.4 Å². The molecule has 1 rings (SSSR count). The van der Waals surface area contributed by atoms with E-state index >= 15 is 0 Å². The van der Waals surface area contributed by atoms with Crippen LogP contribution in [0.1, 0.15) is 30.9 Å². The minimum absolute atomic E-state index is 0.0488. The summed E-state index contributed by atoms with van der Waals surface area (Å²) < 4.78 is 24.5. The zero-order valence-corrected chi connectivity index (χ0v) is 9.29. The fourth-order valence-corrected chi connectivity index (χ4v) is 1.32. The van der Waals surface area contributed by atoms with Gasteiger partial charge < -0.3 is 10.4 Å². The van der Waals surface area contributed by atoms with Gasteiger partial charge in [-0.3, -0.25) is 0 Å². The highest BCUT2D eigenvalue weighted by molar-refractivity contribution is 5.23. The van der Waals surface area contributed by atoms with Gasteiger partial charge in [-0.05, 0) is 25.5 Å². The van der Waals surface area contributed by atoms with E-state index in [-0.39, 0.29) is 11.7 Å². The smallest absolute Gasteiger partial charge is 0.263 e. The Morgan fingerprint density at radius 1 is 1.25 bits per heavy atom. The van der Waals surface area contributed by atoms with E-state index in [1.54, 1.807) is 19.1 Å². The Morgan fingerprint density at radius 2 is 1.88 bits per heavy atom. The first-order valence-electron chi connectivity index (χ1n) is 5.35. The number of hydrogen-bond donors (Lipinski definition) is 2. The summed E-state index contributed by atoms with van der Waals surface area (Å²) in [6.45, 7) is 3.09. The van der Waals surface area contributed by atoms with Gasteiger partial charge in [-0.15, -0.1) is 0 Å². The Kier molecular flexibility index (Phi) is 5.35. The SMILES string of the molecule is CC(O)CCNCc1ccc(C(F)F)cc1. The second-order valence-corrected chi connectivity index (χ2v) is 3.86. The molecule has 1 aromatic rings. The lowest BCUT2D eigenvalue weighted by molar-refractivity contribution is 0.151. The number of halogens is 2. The zero-order valence-electron chi connectivity index (χ0n) is 9.29. The second kappa shape index (κ2) is 6.55. The van der Waals surface area contributed by atoms with Crippen LogP contribution in [0.5, 0.6) is 0 Å². The van der Waals surface area contributed by atoms with Crippen molar-refractivity contribution >= 4 is 0 Å². The van der Waals surface area contributed by atoms with Crippen LogP contribution in [0.3, 0.4) is 0 Å². The van der Waals surface area contributed by atoms with Gasteiger partial charge in [0.1, 0.15) is 0 Å². The van der Waals surface area contributed by atoms with E-state index in [2.05, 4.69) is 5.32 Å².